The summed E-state index contributed by atoms with van der Waals surface area (Å²) in [6.45, 7) is 1.69. The standard InChI is InChI=1S/C25H25N5O5/c1-33-23-7-3-6-19(27-23)17-5-2-4-16(12-17)13-26-11-10-18-14-30(25(32)35-18)21-9-8-20-24(28-21)29-22(31)15-34-20/h2-9,12,18,26H,10-11,13-15H2,1H3,(H,28,29,31)/t18-/m1/s1. The molecule has 0 bridgehead atoms. The van der Waals surface area contributed by atoms with Crippen molar-refractivity contribution in [3.05, 3.63) is 60.2 Å². The topological polar surface area (TPSA) is 115 Å². The number of anilines is 2. The Labute approximate surface area is 202 Å². The van der Waals surface area contributed by atoms with Gasteiger partial charge in [0.1, 0.15) is 11.9 Å². The van der Waals surface area contributed by atoms with E-state index in [2.05, 4.69) is 32.7 Å². The minimum absolute atomic E-state index is 0.0446. The van der Waals surface area contributed by atoms with Gasteiger partial charge in [-0.15, -0.1) is 0 Å². The SMILES string of the molecule is COc1cccc(-c2cccc(CNCC[C@@H]3CN(c4ccc5c(n4)NC(=O)CO5)C(=O)O3)c2)n1. The van der Waals surface area contributed by atoms with Crippen molar-refractivity contribution < 1.29 is 23.8 Å². The molecule has 2 N–H and O–H groups in total. The van der Waals surface area contributed by atoms with Gasteiger partial charge in [-0.1, -0.05) is 24.3 Å². The van der Waals surface area contributed by atoms with Crippen LogP contribution in [-0.2, 0) is 16.1 Å². The predicted molar refractivity (Wildman–Crippen MR) is 129 cm³/mol. The smallest absolute Gasteiger partial charge is 0.415 e. The van der Waals surface area contributed by atoms with Gasteiger partial charge in [0.2, 0.25) is 5.88 Å². The molecule has 5 rings (SSSR count). The van der Waals surface area contributed by atoms with Crippen molar-refractivity contribution in [2.45, 2.75) is 19.1 Å². The molecule has 10 heteroatoms. The number of pyridine rings is 2. The Morgan fingerprint density at radius 1 is 1.14 bits per heavy atom. The maximum atomic E-state index is 12.4. The van der Waals surface area contributed by atoms with Crippen molar-refractivity contribution in [3.63, 3.8) is 0 Å². The van der Waals surface area contributed by atoms with E-state index in [-0.39, 0.29) is 18.6 Å². The summed E-state index contributed by atoms with van der Waals surface area (Å²) in [5.74, 6) is 1.50. The van der Waals surface area contributed by atoms with Gasteiger partial charge < -0.3 is 24.8 Å². The third kappa shape index (κ3) is 5.17. The Balaban J connectivity index is 1.13. The second-order valence-corrected chi connectivity index (χ2v) is 8.20. The summed E-state index contributed by atoms with van der Waals surface area (Å²) in [7, 11) is 1.60. The average Bonchev–Trinajstić information content (AvgIpc) is 3.26. The molecule has 0 radical (unpaired) electrons. The van der Waals surface area contributed by atoms with Crippen LogP contribution < -0.4 is 25.0 Å². The van der Waals surface area contributed by atoms with Crippen LogP contribution in [0.2, 0.25) is 0 Å². The molecule has 1 atom stereocenters. The lowest BCUT2D eigenvalue weighted by Gasteiger charge is -2.19. The van der Waals surface area contributed by atoms with Crippen molar-refractivity contribution in [2.24, 2.45) is 0 Å². The highest BCUT2D eigenvalue weighted by Crippen LogP contribution is 2.30. The molecule has 2 aliphatic rings. The van der Waals surface area contributed by atoms with E-state index in [0.29, 0.717) is 49.3 Å². The van der Waals surface area contributed by atoms with Gasteiger partial charge in [-0.3, -0.25) is 9.69 Å². The molecule has 10 nitrogen and oxygen atoms in total. The van der Waals surface area contributed by atoms with Crippen molar-refractivity contribution >= 4 is 23.6 Å². The number of fused-ring (bicyclic) bond motifs is 1. The fourth-order valence-electron chi connectivity index (χ4n) is 3.99. The van der Waals surface area contributed by atoms with Crippen LogP contribution in [0.3, 0.4) is 0 Å². The summed E-state index contributed by atoms with van der Waals surface area (Å²) in [6, 6.07) is 17.2. The first-order valence-corrected chi connectivity index (χ1v) is 11.3. The summed E-state index contributed by atoms with van der Waals surface area (Å²) in [6.07, 6.45) is -0.0561. The molecule has 35 heavy (non-hydrogen) atoms. The summed E-state index contributed by atoms with van der Waals surface area (Å²) in [5, 5.41) is 6.06. The zero-order valence-corrected chi connectivity index (χ0v) is 19.2. The number of carbonyl (C=O) groups excluding carboxylic acids is 2. The lowest BCUT2D eigenvalue weighted by atomic mass is 10.1. The number of rotatable bonds is 8. The Morgan fingerprint density at radius 2 is 2.03 bits per heavy atom. The van der Waals surface area contributed by atoms with Crippen LogP contribution in [0.15, 0.2) is 54.6 Å². The molecule has 1 saturated heterocycles. The molecule has 0 aliphatic carbocycles. The second kappa shape index (κ2) is 9.98. The minimum atomic E-state index is -0.455. The number of nitrogens with zero attached hydrogens (tertiary/aromatic N) is 3. The third-order valence-corrected chi connectivity index (χ3v) is 5.74. The average molecular weight is 476 g/mol. The van der Waals surface area contributed by atoms with Gasteiger partial charge >= 0.3 is 6.09 Å². The maximum absolute atomic E-state index is 12.4. The molecular formula is C25H25N5O5. The summed E-state index contributed by atoms with van der Waals surface area (Å²) >= 11 is 0. The molecule has 4 heterocycles. The molecule has 3 aromatic rings. The Kier molecular flexibility index (Phi) is 6.44. The van der Waals surface area contributed by atoms with Gasteiger partial charge in [0.25, 0.3) is 5.91 Å². The number of carbonyl (C=O) groups is 2. The largest absolute Gasteiger partial charge is 0.481 e. The van der Waals surface area contributed by atoms with Gasteiger partial charge in [-0.25, -0.2) is 14.8 Å². The van der Waals surface area contributed by atoms with E-state index >= 15 is 0 Å². The normalized spacial score (nSPS) is 16.8. The number of amides is 2. The molecule has 2 aliphatic heterocycles. The number of aromatic nitrogens is 2. The summed E-state index contributed by atoms with van der Waals surface area (Å²) < 4.78 is 16.1. The van der Waals surface area contributed by atoms with Crippen LogP contribution >= 0.6 is 0 Å². The molecule has 0 saturated carbocycles. The van der Waals surface area contributed by atoms with E-state index in [1.807, 2.05) is 30.3 Å². The van der Waals surface area contributed by atoms with Crippen molar-refractivity contribution in [3.8, 4) is 22.9 Å². The second-order valence-electron chi connectivity index (χ2n) is 8.20. The van der Waals surface area contributed by atoms with E-state index < -0.39 is 6.09 Å². The molecule has 0 spiro atoms. The summed E-state index contributed by atoms with van der Waals surface area (Å²) in [4.78, 5) is 34.3. The van der Waals surface area contributed by atoms with E-state index in [1.165, 1.54) is 4.90 Å². The van der Waals surface area contributed by atoms with Gasteiger partial charge in [0, 0.05) is 18.2 Å². The molecule has 1 fully saturated rings. The Hall–Kier alpha value is -4.18. The van der Waals surface area contributed by atoms with E-state index in [0.717, 1.165) is 16.8 Å². The zero-order valence-electron chi connectivity index (χ0n) is 19.2. The molecule has 180 valence electrons. The molecule has 1 aromatic carbocycles. The Bertz CT molecular complexity index is 1250. The van der Waals surface area contributed by atoms with Gasteiger partial charge in [-0.2, -0.15) is 0 Å². The van der Waals surface area contributed by atoms with E-state index in [1.54, 1.807) is 19.2 Å². The number of cyclic esters (lactones) is 1. The molecule has 2 aromatic heterocycles. The maximum Gasteiger partial charge on any atom is 0.415 e. The van der Waals surface area contributed by atoms with Crippen molar-refractivity contribution in [1.82, 2.24) is 15.3 Å². The van der Waals surface area contributed by atoms with Crippen molar-refractivity contribution in [2.75, 3.05) is 37.0 Å². The number of hydrogen-bond donors (Lipinski definition) is 2. The predicted octanol–water partition coefficient (Wildman–Crippen LogP) is 2.99. The number of benzene rings is 1. The molecule has 0 unspecified atom stereocenters. The lowest BCUT2D eigenvalue weighted by Crippen LogP contribution is -2.29. The molecule has 2 amide bonds. The van der Waals surface area contributed by atoms with Gasteiger partial charge in [0.15, 0.2) is 18.2 Å². The fraction of sp³-hybridized carbons (Fsp3) is 0.280. The highest BCUT2D eigenvalue weighted by molar-refractivity contribution is 5.95. The number of hydrogen-bond acceptors (Lipinski definition) is 8. The highest BCUT2D eigenvalue weighted by atomic mass is 16.6. The van der Waals surface area contributed by atoms with Crippen LogP contribution in [0, 0.1) is 0 Å². The van der Waals surface area contributed by atoms with E-state index in [4.69, 9.17) is 14.2 Å². The van der Waals surface area contributed by atoms with Gasteiger partial charge in [-0.05, 0) is 42.8 Å². The number of methoxy groups -OCH3 is 1. The van der Waals surface area contributed by atoms with Crippen LogP contribution in [0.25, 0.3) is 11.3 Å². The molecular weight excluding hydrogens is 450 g/mol. The first-order chi connectivity index (χ1) is 17.1. The monoisotopic (exact) mass is 475 g/mol. The minimum Gasteiger partial charge on any atom is -0.481 e. The zero-order chi connectivity index (χ0) is 24.2. The summed E-state index contributed by atoms with van der Waals surface area (Å²) in [5.41, 5.74) is 2.99. The first kappa shape index (κ1) is 22.6. The lowest BCUT2D eigenvalue weighted by molar-refractivity contribution is -0.118. The van der Waals surface area contributed by atoms with Crippen LogP contribution in [-0.4, -0.2) is 54.9 Å². The first-order valence-electron chi connectivity index (χ1n) is 11.3. The van der Waals surface area contributed by atoms with E-state index in [9.17, 15) is 9.59 Å². The third-order valence-electron chi connectivity index (χ3n) is 5.74. The van der Waals surface area contributed by atoms with Crippen molar-refractivity contribution in [1.29, 1.82) is 0 Å². The van der Waals surface area contributed by atoms with Crippen LogP contribution in [0.4, 0.5) is 16.4 Å². The quantitative estimate of drug-likeness (QED) is 0.478. The highest BCUT2D eigenvalue weighted by Gasteiger charge is 2.33. The fourth-order valence-corrected chi connectivity index (χ4v) is 3.99. The van der Waals surface area contributed by atoms with Crippen LogP contribution in [0.1, 0.15) is 12.0 Å². The van der Waals surface area contributed by atoms with Gasteiger partial charge in [0.05, 0.1) is 19.3 Å². The Morgan fingerprint density at radius 3 is 2.91 bits per heavy atom. The van der Waals surface area contributed by atoms with Crippen LogP contribution in [0.5, 0.6) is 11.6 Å². The number of ether oxygens (including phenoxy) is 3. The number of nitrogens with one attached hydrogen (secondary N) is 2.